The van der Waals surface area contributed by atoms with Crippen molar-refractivity contribution >= 4 is 64.0 Å². The molecule has 1 unspecified atom stereocenters. The average molecular weight is 577 g/mol. The fourth-order valence-electron chi connectivity index (χ4n) is 4.81. The van der Waals surface area contributed by atoms with Crippen LogP contribution in [0.5, 0.6) is 0 Å². The summed E-state index contributed by atoms with van der Waals surface area (Å²) in [6, 6.07) is 11.4. The first-order chi connectivity index (χ1) is 18.3. The normalized spacial score (nSPS) is 17.5. The first kappa shape index (κ1) is 28.3. The number of hydrogen-bond donors (Lipinski definition) is 2. The highest BCUT2D eigenvalue weighted by atomic mass is 35.5. The summed E-state index contributed by atoms with van der Waals surface area (Å²) < 4.78 is 0. The number of aliphatic carboxylic acids is 1. The lowest BCUT2D eigenvalue weighted by Crippen LogP contribution is -2.38. The van der Waals surface area contributed by atoms with Crippen LogP contribution in [0.15, 0.2) is 52.8 Å². The number of carboxylic acid groups (broad SMARTS) is 1. The molecule has 0 aliphatic carbocycles. The molecule has 2 amide bonds. The van der Waals surface area contributed by atoms with Crippen molar-refractivity contribution in [1.29, 1.82) is 0 Å². The molecule has 2 heterocycles. The number of likely N-dealkylation sites (tertiary alicyclic amines) is 1. The molecule has 2 saturated heterocycles. The van der Waals surface area contributed by atoms with Gasteiger partial charge in [0.2, 0.25) is 5.91 Å². The van der Waals surface area contributed by atoms with Gasteiger partial charge in [-0.2, -0.15) is 0 Å². The Labute approximate surface area is 237 Å². The number of nitrogens with one attached hydrogen (secondary N) is 1. The third-order valence-corrected chi connectivity index (χ3v) is 9.02. The maximum atomic E-state index is 12.7. The summed E-state index contributed by atoms with van der Waals surface area (Å²) in [5, 5.41) is 12.9. The highest BCUT2D eigenvalue weighted by Crippen LogP contribution is 2.43. The van der Waals surface area contributed by atoms with E-state index in [1.165, 1.54) is 11.8 Å². The minimum atomic E-state index is -0.767. The third kappa shape index (κ3) is 6.65. The number of carbonyl (C=O) groups is 3. The number of carbonyl (C=O) groups excluding carboxylic acids is 2. The number of halogens is 2. The van der Waals surface area contributed by atoms with Gasteiger partial charge in [-0.3, -0.25) is 14.4 Å². The molecule has 2 aromatic carbocycles. The van der Waals surface area contributed by atoms with E-state index in [9.17, 15) is 19.5 Å². The van der Waals surface area contributed by atoms with Crippen molar-refractivity contribution in [2.75, 3.05) is 37.6 Å². The number of carboxylic acids is 1. The highest BCUT2D eigenvalue weighted by Gasteiger charge is 2.27. The molecule has 38 heavy (non-hydrogen) atoms. The smallest absolute Gasteiger partial charge is 0.308 e. The summed E-state index contributed by atoms with van der Waals surface area (Å²) in [5.41, 5.74) is 1.64. The van der Waals surface area contributed by atoms with E-state index in [0.29, 0.717) is 49.5 Å². The quantitative estimate of drug-likeness (QED) is 0.283. The summed E-state index contributed by atoms with van der Waals surface area (Å²) in [5.74, 6) is -1.32. The molecule has 0 spiro atoms. The van der Waals surface area contributed by atoms with Crippen LogP contribution < -0.4 is 10.2 Å². The molecule has 1 atom stereocenters. The van der Waals surface area contributed by atoms with Gasteiger partial charge in [-0.15, -0.1) is 0 Å². The molecular formula is C28H31Cl2N3O4S. The Balaban J connectivity index is 1.41. The van der Waals surface area contributed by atoms with E-state index in [0.717, 1.165) is 41.4 Å². The van der Waals surface area contributed by atoms with Crippen molar-refractivity contribution in [3.8, 4) is 0 Å². The van der Waals surface area contributed by atoms with Crippen molar-refractivity contribution in [3.05, 3.63) is 58.6 Å². The first-order valence-corrected chi connectivity index (χ1v) is 14.3. The van der Waals surface area contributed by atoms with Crippen molar-refractivity contribution < 1.29 is 19.5 Å². The number of rotatable bonds is 10. The van der Waals surface area contributed by atoms with Gasteiger partial charge in [0.05, 0.1) is 21.7 Å². The second-order valence-corrected chi connectivity index (χ2v) is 11.3. The second-order valence-electron chi connectivity index (χ2n) is 9.50. The van der Waals surface area contributed by atoms with Gasteiger partial charge in [-0.1, -0.05) is 59.7 Å². The standard InChI is InChI=1S/C28H31Cl2N3O4S/c1-18(27(35)31-13-6-16-32-14-5-10-24(32)34)20-11-12-23(26(30)25(20)29)38-22-9-3-2-8-21(22)33-15-4-7-19(17-33)28(36)37/h2-3,8-9,11-12,19H,1,4-7,10,13-17H2,(H,31,35)(H,36,37). The lowest BCUT2D eigenvalue weighted by atomic mass is 9.98. The van der Waals surface area contributed by atoms with Crippen molar-refractivity contribution in [3.63, 3.8) is 0 Å². The van der Waals surface area contributed by atoms with Crippen LogP contribution in [0.2, 0.25) is 10.0 Å². The first-order valence-electron chi connectivity index (χ1n) is 12.7. The molecule has 0 saturated carbocycles. The molecule has 0 aromatic heterocycles. The molecule has 202 valence electrons. The van der Waals surface area contributed by atoms with Crippen LogP contribution >= 0.6 is 35.0 Å². The van der Waals surface area contributed by atoms with Crippen LogP contribution in [-0.4, -0.2) is 60.5 Å². The number of anilines is 1. The Morgan fingerprint density at radius 1 is 1.08 bits per heavy atom. The minimum Gasteiger partial charge on any atom is -0.481 e. The Bertz CT molecular complexity index is 1240. The molecular weight excluding hydrogens is 545 g/mol. The van der Waals surface area contributed by atoms with E-state index in [2.05, 4.69) is 16.8 Å². The van der Waals surface area contributed by atoms with Crippen molar-refractivity contribution in [2.45, 2.75) is 41.9 Å². The van der Waals surface area contributed by atoms with E-state index in [4.69, 9.17) is 23.2 Å². The zero-order chi connectivity index (χ0) is 27.2. The van der Waals surface area contributed by atoms with Gasteiger partial charge in [-0.05, 0) is 43.9 Å². The van der Waals surface area contributed by atoms with Gasteiger partial charge in [-0.25, -0.2) is 0 Å². The SMILES string of the molecule is C=C(C(=O)NCCCN1CCCC1=O)c1ccc(Sc2ccccc2N2CCCC(C(=O)O)C2)c(Cl)c1Cl. The average Bonchev–Trinajstić information content (AvgIpc) is 3.33. The number of nitrogens with zero attached hydrogens (tertiary/aromatic N) is 2. The van der Waals surface area contributed by atoms with Crippen LogP contribution in [0.4, 0.5) is 5.69 Å². The number of hydrogen-bond acceptors (Lipinski definition) is 5. The third-order valence-electron chi connectivity index (χ3n) is 6.90. The summed E-state index contributed by atoms with van der Waals surface area (Å²) in [7, 11) is 0. The molecule has 0 bridgehead atoms. The number of benzene rings is 2. The molecule has 10 heteroatoms. The summed E-state index contributed by atoms with van der Waals surface area (Å²) in [6.07, 6.45) is 3.66. The Morgan fingerprint density at radius 3 is 2.61 bits per heavy atom. The number of para-hydroxylation sites is 1. The molecule has 4 rings (SSSR count). The molecule has 2 N–H and O–H groups in total. The fraction of sp³-hybridized carbons (Fsp3) is 0.393. The van der Waals surface area contributed by atoms with Gasteiger partial charge in [0, 0.05) is 60.1 Å². The largest absolute Gasteiger partial charge is 0.481 e. The Kier molecular flexibility index (Phi) is 9.63. The molecule has 0 radical (unpaired) electrons. The Morgan fingerprint density at radius 2 is 1.87 bits per heavy atom. The van der Waals surface area contributed by atoms with Crippen LogP contribution in [0.25, 0.3) is 5.57 Å². The number of piperidine rings is 1. The van der Waals surface area contributed by atoms with Crippen LogP contribution in [0.3, 0.4) is 0 Å². The molecule has 2 aromatic rings. The summed E-state index contributed by atoms with van der Waals surface area (Å²) in [6.45, 7) is 7.01. The van der Waals surface area contributed by atoms with E-state index >= 15 is 0 Å². The predicted molar refractivity (Wildman–Crippen MR) is 152 cm³/mol. The number of amides is 2. The fourth-order valence-corrected chi connectivity index (χ4v) is 6.43. The van der Waals surface area contributed by atoms with Gasteiger partial charge >= 0.3 is 5.97 Å². The topological polar surface area (TPSA) is 90.0 Å². The van der Waals surface area contributed by atoms with E-state index < -0.39 is 5.97 Å². The van der Waals surface area contributed by atoms with Gasteiger partial charge in [0.15, 0.2) is 0 Å². The summed E-state index contributed by atoms with van der Waals surface area (Å²) in [4.78, 5) is 41.6. The van der Waals surface area contributed by atoms with Crippen molar-refractivity contribution in [2.24, 2.45) is 5.92 Å². The highest BCUT2D eigenvalue weighted by molar-refractivity contribution is 7.99. The van der Waals surface area contributed by atoms with E-state index in [1.54, 1.807) is 6.07 Å². The van der Waals surface area contributed by atoms with Crippen LogP contribution in [-0.2, 0) is 14.4 Å². The van der Waals surface area contributed by atoms with E-state index in [1.807, 2.05) is 35.2 Å². The zero-order valence-corrected chi connectivity index (χ0v) is 23.4. The second kappa shape index (κ2) is 12.9. The molecule has 2 aliphatic heterocycles. The molecule has 2 aliphatic rings. The van der Waals surface area contributed by atoms with Gasteiger partial charge in [0.1, 0.15) is 0 Å². The monoisotopic (exact) mass is 575 g/mol. The molecule has 7 nitrogen and oxygen atoms in total. The van der Waals surface area contributed by atoms with Crippen LogP contribution in [0, 0.1) is 5.92 Å². The lowest BCUT2D eigenvalue weighted by Gasteiger charge is -2.33. The van der Waals surface area contributed by atoms with Crippen molar-refractivity contribution in [1.82, 2.24) is 10.2 Å². The Hall–Kier alpha value is -2.68. The van der Waals surface area contributed by atoms with Gasteiger partial charge in [0.25, 0.3) is 5.91 Å². The van der Waals surface area contributed by atoms with E-state index in [-0.39, 0.29) is 28.3 Å². The zero-order valence-electron chi connectivity index (χ0n) is 21.1. The maximum Gasteiger partial charge on any atom is 0.308 e. The van der Waals surface area contributed by atoms with Crippen LogP contribution in [0.1, 0.15) is 37.7 Å². The lowest BCUT2D eigenvalue weighted by molar-refractivity contribution is -0.142. The maximum absolute atomic E-state index is 12.7. The summed E-state index contributed by atoms with van der Waals surface area (Å²) >= 11 is 14.7. The van der Waals surface area contributed by atoms with Gasteiger partial charge < -0.3 is 20.2 Å². The predicted octanol–water partition coefficient (Wildman–Crippen LogP) is 5.59. The minimum absolute atomic E-state index is 0.170. The molecule has 2 fully saturated rings.